The van der Waals surface area contributed by atoms with Crippen LogP contribution in [0.15, 0.2) is 29.6 Å². The van der Waals surface area contributed by atoms with Crippen molar-refractivity contribution in [1.29, 1.82) is 0 Å². The summed E-state index contributed by atoms with van der Waals surface area (Å²) in [4.78, 5) is 8.84. The van der Waals surface area contributed by atoms with E-state index in [0.717, 1.165) is 22.5 Å². The first-order valence-corrected chi connectivity index (χ1v) is 7.56. The van der Waals surface area contributed by atoms with E-state index in [1.807, 2.05) is 31.4 Å². The fraction of sp³-hybridized carbons (Fsp3) is 0.154. The number of fused-ring (bicyclic) bond motifs is 5. The van der Waals surface area contributed by atoms with Gasteiger partial charge in [-0.15, -0.1) is 5.10 Å². The minimum atomic E-state index is 0.634. The molecule has 21 heavy (non-hydrogen) atoms. The van der Waals surface area contributed by atoms with Crippen LogP contribution in [0.5, 0.6) is 0 Å². The van der Waals surface area contributed by atoms with Crippen LogP contribution in [0.3, 0.4) is 0 Å². The lowest BCUT2D eigenvalue weighted by molar-refractivity contribution is 0.792. The Morgan fingerprint density at radius 3 is 3.05 bits per heavy atom. The van der Waals surface area contributed by atoms with Gasteiger partial charge < -0.3 is 5.32 Å². The molecule has 2 aromatic heterocycles. The van der Waals surface area contributed by atoms with Gasteiger partial charge in [-0.1, -0.05) is 17.8 Å². The van der Waals surface area contributed by atoms with Crippen LogP contribution in [0.1, 0.15) is 5.56 Å². The number of rotatable bonds is 1. The Balaban J connectivity index is 2.03. The molecule has 0 bridgehead atoms. The second kappa shape index (κ2) is 4.52. The summed E-state index contributed by atoms with van der Waals surface area (Å²) in [6, 6.07) is 6.08. The highest BCUT2D eigenvalue weighted by atomic mass is 32.2. The van der Waals surface area contributed by atoms with Gasteiger partial charge in [-0.2, -0.15) is 4.68 Å². The van der Waals surface area contributed by atoms with Crippen molar-refractivity contribution < 1.29 is 0 Å². The minimum absolute atomic E-state index is 0.634. The lowest BCUT2D eigenvalue weighted by Crippen LogP contribution is -2.00. The molecular weight excluding hydrogens is 286 g/mol. The lowest BCUT2D eigenvalue weighted by atomic mass is 10.2. The molecular formula is C13H11N7S. The first kappa shape index (κ1) is 12.3. The molecule has 1 N–H and O–H groups in total. The predicted octanol–water partition coefficient (Wildman–Crippen LogP) is 2.21. The molecule has 0 atom stereocenters. The fourth-order valence-electron chi connectivity index (χ4n) is 2.29. The molecule has 0 fully saturated rings. The van der Waals surface area contributed by atoms with Crippen molar-refractivity contribution in [1.82, 2.24) is 30.2 Å². The maximum absolute atomic E-state index is 4.52. The first-order chi connectivity index (χ1) is 10.3. The zero-order valence-electron chi connectivity index (χ0n) is 11.4. The van der Waals surface area contributed by atoms with E-state index in [0.29, 0.717) is 16.8 Å². The summed E-state index contributed by atoms with van der Waals surface area (Å²) in [6.45, 7) is 2.04. The van der Waals surface area contributed by atoms with Gasteiger partial charge in [0.25, 0.3) is 0 Å². The van der Waals surface area contributed by atoms with Crippen LogP contribution >= 0.6 is 11.8 Å². The van der Waals surface area contributed by atoms with Gasteiger partial charge in [-0.3, -0.25) is 0 Å². The Morgan fingerprint density at radius 2 is 2.19 bits per heavy atom. The molecule has 0 spiro atoms. The van der Waals surface area contributed by atoms with E-state index in [9.17, 15) is 0 Å². The van der Waals surface area contributed by atoms with Crippen LogP contribution in [0.4, 0.5) is 11.5 Å². The van der Waals surface area contributed by atoms with E-state index < -0.39 is 0 Å². The topological polar surface area (TPSA) is 81.4 Å². The molecule has 1 aliphatic rings. The largest absolute Gasteiger partial charge is 0.338 e. The standard InChI is InChI=1S/C13H11N7S/c1-7-3-4-9-10(5-7)20-12(17-18-19-20)8-6-14-13(21-2)16-11(8)15-9/h3-6H,1-2H3,(H,14,15,16). The van der Waals surface area contributed by atoms with Gasteiger partial charge in [0.05, 0.1) is 16.9 Å². The van der Waals surface area contributed by atoms with Crippen LogP contribution in [0.2, 0.25) is 0 Å². The van der Waals surface area contributed by atoms with Gasteiger partial charge in [0.1, 0.15) is 5.82 Å². The number of aromatic nitrogens is 6. The average molecular weight is 297 g/mol. The van der Waals surface area contributed by atoms with Gasteiger partial charge in [0, 0.05) is 6.20 Å². The molecule has 4 rings (SSSR count). The fourth-order valence-corrected chi connectivity index (χ4v) is 2.63. The molecule has 1 aliphatic heterocycles. The predicted molar refractivity (Wildman–Crippen MR) is 80.0 cm³/mol. The molecule has 1 aromatic carbocycles. The summed E-state index contributed by atoms with van der Waals surface area (Å²) < 4.78 is 1.71. The molecule has 0 saturated carbocycles. The van der Waals surface area contributed by atoms with Crippen molar-refractivity contribution in [2.24, 2.45) is 0 Å². The summed E-state index contributed by atoms with van der Waals surface area (Å²) in [5.74, 6) is 1.35. The Bertz CT molecular complexity index is 842. The third-order valence-corrected chi connectivity index (χ3v) is 3.86. The van der Waals surface area contributed by atoms with Crippen molar-refractivity contribution in [3.05, 3.63) is 30.0 Å². The number of hydrogen-bond acceptors (Lipinski definition) is 7. The van der Waals surface area contributed by atoms with Crippen LogP contribution in [-0.4, -0.2) is 36.4 Å². The van der Waals surface area contributed by atoms with E-state index in [4.69, 9.17) is 0 Å². The molecule has 8 heteroatoms. The molecule has 0 saturated heterocycles. The minimum Gasteiger partial charge on any atom is -0.338 e. The van der Waals surface area contributed by atoms with Crippen LogP contribution < -0.4 is 5.32 Å². The van der Waals surface area contributed by atoms with E-state index >= 15 is 0 Å². The molecule has 3 heterocycles. The number of aryl methyl sites for hydroxylation is 1. The summed E-state index contributed by atoms with van der Waals surface area (Å²) >= 11 is 1.49. The average Bonchev–Trinajstić information content (AvgIpc) is 2.93. The SMILES string of the molecule is CSc1ncc2c(n1)Nc1ccc(C)cc1-n1nnnc1-2. The van der Waals surface area contributed by atoms with Gasteiger partial charge >= 0.3 is 0 Å². The van der Waals surface area contributed by atoms with Crippen molar-refractivity contribution in [3.8, 4) is 17.1 Å². The van der Waals surface area contributed by atoms with Gasteiger partial charge in [0.2, 0.25) is 0 Å². The lowest BCUT2D eigenvalue weighted by Gasteiger charge is -2.09. The second-order valence-corrected chi connectivity index (χ2v) is 5.45. The Kier molecular flexibility index (Phi) is 2.64. The zero-order valence-corrected chi connectivity index (χ0v) is 12.2. The molecule has 0 aliphatic carbocycles. The zero-order chi connectivity index (χ0) is 14.4. The van der Waals surface area contributed by atoms with Crippen LogP contribution in [0.25, 0.3) is 17.1 Å². The summed E-state index contributed by atoms with van der Waals surface area (Å²) in [7, 11) is 0. The third-order valence-electron chi connectivity index (χ3n) is 3.29. The normalized spacial score (nSPS) is 11.9. The first-order valence-electron chi connectivity index (χ1n) is 6.34. The second-order valence-electron chi connectivity index (χ2n) is 4.68. The summed E-state index contributed by atoms with van der Waals surface area (Å²) in [5, 5.41) is 16.1. The Labute approximate surface area is 124 Å². The number of benzene rings is 1. The highest BCUT2D eigenvalue weighted by molar-refractivity contribution is 7.98. The monoisotopic (exact) mass is 297 g/mol. The maximum Gasteiger partial charge on any atom is 0.192 e. The smallest absolute Gasteiger partial charge is 0.192 e. The number of nitrogens with one attached hydrogen (secondary N) is 1. The van der Waals surface area contributed by atoms with E-state index in [1.54, 1.807) is 10.9 Å². The van der Waals surface area contributed by atoms with E-state index in [-0.39, 0.29) is 0 Å². The van der Waals surface area contributed by atoms with Gasteiger partial charge in [-0.05, 0) is 41.3 Å². The van der Waals surface area contributed by atoms with Crippen molar-refractivity contribution in [2.45, 2.75) is 12.1 Å². The van der Waals surface area contributed by atoms with Crippen LogP contribution in [-0.2, 0) is 0 Å². The molecule has 7 nitrogen and oxygen atoms in total. The summed E-state index contributed by atoms with van der Waals surface area (Å²) in [6.07, 6.45) is 3.70. The summed E-state index contributed by atoms with van der Waals surface area (Å²) in [5.41, 5.74) is 3.74. The maximum atomic E-state index is 4.52. The molecule has 0 radical (unpaired) electrons. The van der Waals surface area contributed by atoms with Gasteiger partial charge in [0.15, 0.2) is 11.0 Å². The molecule has 0 unspecified atom stereocenters. The van der Waals surface area contributed by atoms with E-state index in [2.05, 4.69) is 30.8 Å². The quantitative estimate of drug-likeness (QED) is 0.426. The van der Waals surface area contributed by atoms with Crippen molar-refractivity contribution in [3.63, 3.8) is 0 Å². The Morgan fingerprint density at radius 1 is 1.29 bits per heavy atom. The highest BCUT2D eigenvalue weighted by Gasteiger charge is 2.23. The number of tetrazole rings is 1. The number of hydrogen-bond donors (Lipinski definition) is 1. The molecule has 3 aromatic rings. The molecule has 104 valence electrons. The van der Waals surface area contributed by atoms with Crippen molar-refractivity contribution >= 4 is 23.3 Å². The van der Waals surface area contributed by atoms with Crippen molar-refractivity contribution in [2.75, 3.05) is 11.6 Å². The number of anilines is 2. The number of thioether (sulfide) groups is 1. The third kappa shape index (κ3) is 1.87. The number of nitrogens with zero attached hydrogens (tertiary/aromatic N) is 6. The van der Waals surface area contributed by atoms with E-state index in [1.165, 1.54) is 11.8 Å². The highest BCUT2D eigenvalue weighted by Crippen LogP contribution is 2.35. The molecule has 0 amide bonds. The van der Waals surface area contributed by atoms with Gasteiger partial charge in [-0.25, -0.2) is 9.97 Å². The van der Waals surface area contributed by atoms with Crippen LogP contribution in [0, 0.1) is 6.92 Å². The Hall–Kier alpha value is -2.48.